The van der Waals surface area contributed by atoms with E-state index in [0.29, 0.717) is 11.3 Å². The van der Waals surface area contributed by atoms with E-state index >= 15 is 0 Å². The Morgan fingerprint density at radius 1 is 1.21 bits per heavy atom. The lowest BCUT2D eigenvalue weighted by Crippen LogP contribution is -2.34. The van der Waals surface area contributed by atoms with Gasteiger partial charge in [-0.2, -0.15) is 0 Å². The summed E-state index contributed by atoms with van der Waals surface area (Å²) in [5, 5.41) is -0.0915. The number of carbonyl (C=O) groups excluding carboxylic acids is 1. The third-order valence-corrected chi connectivity index (χ3v) is 6.56. The van der Waals surface area contributed by atoms with Gasteiger partial charge >= 0.3 is 0 Å². The first kappa shape index (κ1) is 24.3. The Bertz CT molecular complexity index is 1210. The molecule has 33 heavy (non-hydrogen) atoms. The van der Waals surface area contributed by atoms with E-state index in [1.807, 2.05) is 6.07 Å². The minimum Gasteiger partial charge on any atom is -0.383 e. The Labute approximate surface area is 193 Å². The molecule has 2 aromatic carbocycles. The Morgan fingerprint density at radius 3 is 2.64 bits per heavy atom. The smallest absolute Gasteiger partial charge is 0.254 e. The minimum absolute atomic E-state index is 0.0698. The second-order valence-corrected chi connectivity index (χ2v) is 9.29. The van der Waals surface area contributed by atoms with Gasteiger partial charge in [0.15, 0.2) is 0 Å². The zero-order chi connectivity index (χ0) is 23.8. The lowest BCUT2D eigenvalue weighted by atomic mass is 10.2. The number of nitrogens with zero attached hydrogens (tertiary/aromatic N) is 3. The van der Waals surface area contributed by atoms with E-state index in [-0.39, 0.29) is 42.7 Å². The van der Waals surface area contributed by atoms with Crippen molar-refractivity contribution in [2.45, 2.75) is 24.0 Å². The van der Waals surface area contributed by atoms with E-state index in [2.05, 4.69) is 11.6 Å². The van der Waals surface area contributed by atoms with Gasteiger partial charge in [0.25, 0.3) is 5.91 Å². The van der Waals surface area contributed by atoms with Crippen LogP contribution in [0.15, 0.2) is 78.6 Å². The topological polar surface area (TPSA) is 81.5 Å². The van der Waals surface area contributed by atoms with Crippen molar-refractivity contribution in [3.63, 3.8) is 0 Å². The first-order valence-electron chi connectivity index (χ1n) is 10.3. The van der Waals surface area contributed by atoms with Gasteiger partial charge < -0.3 is 14.2 Å². The molecule has 0 atom stereocenters. The summed E-state index contributed by atoms with van der Waals surface area (Å²) in [6.07, 6.45) is 3.01. The summed E-state index contributed by atoms with van der Waals surface area (Å²) >= 11 is 0. The number of sulfone groups is 1. The molecule has 9 heteroatoms. The third-order valence-electron chi connectivity index (χ3n) is 4.97. The molecule has 0 saturated heterocycles. The minimum atomic E-state index is -3.75. The molecule has 0 bridgehead atoms. The molecular formula is C24H26FN3O4S. The van der Waals surface area contributed by atoms with Crippen LogP contribution in [-0.4, -0.2) is 49.0 Å². The average molecular weight is 472 g/mol. The normalized spacial score (nSPS) is 11.3. The molecule has 0 spiro atoms. The SMILES string of the molecule is C=CCn1c(CN(CCOC)C(=O)c2cccc(F)c2)cnc1S(=O)(=O)Cc1ccccc1. The molecule has 0 aliphatic rings. The number of halogens is 1. The highest BCUT2D eigenvalue weighted by atomic mass is 32.2. The van der Waals surface area contributed by atoms with E-state index in [1.165, 1.54) is 47.0 Å². The van der Waals surface area contributed by atoms with Crippen LogP contribution in [0.3, 0.4) is 0 Å². The van der Waals surface area contributed by atoms with Crippen LogP contribution in [0.5, 0.6) is 0 Å². The molecule has 3 aromatic rings. The molecule has 174 valence electrons. The Hall–Kier alpha value is -3.30. The van der Waals surface area contributed by atoms with Crippen LogP contribution in [0.4, 0.5) is 4.39 Å². The Morgan fingerprint density at radius 2 is 1.97 bits per heavy atom. The van der Waals surface area contributed by atoms with E-state index in [4.69, 9.17) is 4.74 Å². The molecule has 0 N–H and O–H groups in total. The van der Waals surface area contributed by atoms with E-state index in [9.17, 15) is 17.6 Å². The Kier molecular flexibility index (Phi) is 8.13. The second-order valence-electron chi connectivity index (χ2n) is 7.41. The maximum atomic E-state index is 13.7. The summed E-state index contributed by atoms with van der Waals surface area (Å²) in [5.74, 6) is -1.11. The predicted octanol–water partition coefficient (Wildman–Crippen LogP) is 3.47. The number of ether oxygens (including phenoxy) is 1. The number of hydrogen-bond acceptors (Lipinski definition) is 5. The molecule has 0 aliphatic carbocycles. The van der Waals surface area contributed by atoms with Crippen molar-refractivity contribution in [3.05, 3.63) is 96.1 Å². The zero-order valence-corrected chi connectivity index (χ0v) is 19.2. The van der Waals surface area contributed by atoms with E-state index < -0.39 is 21.6 Å². The fourth-order valence-electron chi connectivity index (χ4n) is 3.40. The molecule has 1 aromatic heterocycles. The fraction of sp³-hybridized carbons (Fsp3) is 0.250. The number of carbonyl (C=O) groups is 1. The lowest BCUT2D eigenvalue weighted by Gasteiger charge is -2.23. The van der Waals surface area contributed by atoms with E-state index in [0.717, 1.165) is 0 Å². The largest absolute Gasteiger partial charge is 0.383 e. The van der Waals surface area contributed by atoms with Crippen molar-refractivity contribution >= 4 is 15.7 Å². The van der Waals surface area contributed by atoms with Gasteiger partial charge in [-0.3, -0.25) is 4.79 Å². The number of allylic oxidation sites excluding steroid dienone is 1. The molecule has 0 radical (unpaired) electrons. The lowest BCUT2D eigenvalue weighted by molar-refractivity contribution is 0.0675. The second kappa shape index (κ2) is 11.0. The predicted molar refractivity (Wildman–Crippen MR) is 123 cm³/mol. The molecule has 3 rings (SSSR count). The van der Waals surface area contributed by atoms with Crippen molar-refractivity contribution in [3.8, 4) is 0 Å². The molecule has 0 aliphatic heterocycles. The van der Waals surface area contributed by atoms with Gasteiger partial charge in [0, 0.05) is 25.8 Å². The number of aromatic nitrogens is 2. The summed E-state index contributed by atoms with van der Waals surface area (Å²) in [6.45, 7) is 4.48. The summed E-state index contributed by atoms with van der Waals surface area (Å²) < 4.78 is 46.5. The van der Waals surface area contributed by atoms with Crippen molar-refractivity contribution in [2.24, 2.45) is 0 Å². The molecule has 0 saturated carbocycles. The molecule has 0 unspecified atom stereocenters. The average Bonchev–Trinajstić information content (AvgIpc) is 3.20. The molecule has 1 heterocycles. The summed E-state index contributed by atoms with van der Waals surface area (Å²) in [4.78, 5) is 18.7. The van der Waals surface area contributed by atoms with Gasteiger partial charge in [-0.05, 0) is 23.8 Å². The van der Waals surface area contributed by atoms with Gasteiger partial charge in [0.1, 0.15) is 5.82 Å². The van der Waals surface area contributed by atoms with Crippen LogP contribution in [0.1, 0.15) is 21.6 Å². The molecular weight excluding hydrogens is 445 g/mol. The first-order chi connectivity index (χ1) is 15.9. The fourth-order valence-corrected chi connectivity index (χ4v) is 4.90. The monoisotopic (exact) mass is 471 g/mol. The van der Waals surface area contributed by atoms with Crippen molar-refractivity contribution in [2.75, 3.05) is 20.3 Å². The highest BCUT2D eigenvalue weighted by Gasteiger charge is 2.25. The standard InChI is InChI=1S/C24H26FN3O4S/c1-3-12-28-22(16-26-24(28)33(30,31)18-19-8-5-4-6-9-19)17-27(13-14-32-2)23(29)20-10-7-11-21(25)15-20/h3-11,15-16H,1,12-14,17-18H2,2H3. The first-order valence-corrected chi connectivity index (χ1v) is 12.0. The van der Waals surface area contributed by atoms with Crippen LogP contribution in [0.25, 0.3) is 0 Å². The number of hydrogen-bond donors (Lipinski definition) is 0. The van der Waals surface area contributed by atoms with Gasteiger partial charge in [0.2, 0.25) is 15.0 Å². The maximum Gasteiger partial charge on any atom is 0.254 e. The third kappa shape index (κ3) is 6.15. The van der Waals surface area contributed by atoms with Crippen molar-refractivity contribution in [1.29, 1.82) is 0 Å². The van der Waals surface area contributed by atoms with Gasteiger partial charge in [0.05, 0.1) is 30.8 Å². The van der Waals surface area contributed by atoms with Crippen LogP contribution in [0, 0.1) is 5.82 Å². The summed E-state index contributed by atoms with van der Waals surface area (Å²) in [7, 11) is -2.23. The number of benzene rings is 2. The van der Waals surface area contributed by atoms with Crippen LogP contribution in [0.2, 0.25) is 0 Å². The van der Waals surface area contributed by atoms with Crippen LogP contribution >= 0.6 is 0 Å². The molecule has 7 nitrogen and oxygen atoms in total. The van der Waals surface area contributed by atoms with Crippen molar-refractivity contribution < 1.29 is 22.3 Å². The molecule has 0 fully saturated rings. The number of amides is 1. The van der Waals surface area contributed by atoms with E-state index in [1.54, 1.807) is 30.3 Å². The highest BCUT2D eigenvalue weighted by Crippen LogP contribution is 2.20. The number of imidazole rings is 1. The van der Waals surface area contributed by atoms with Gasteiger partial charge in [-0.15, -0.1) is 6.58 Å². The summed E-state index contributed by atoms with van der Waals surface area (Å²) in [5.41, 5.74) is 1.36. The van der Waals surface area contributed by atoms with Crippen molar-refractivity contribution in [1.82, 2.24) is 14.5 Å². The zero-order valence-electron chi connectivity index (χ0n) is 18.4. The summed E-state index contributed by atoms with van der Waals surface area (Å²) in [6, 6.07) is 14.3. The Balaban J connectivity index is 1.92. The van der Waals surface area contributed by atoms with Crippen LogP contribution in [-0.2, 0) is 33.4 Å². The number of rotatable bonds is 11. The number of methoxy groups -OCH3 is 1. The highest BCUT2D eigenvalue weighted by molar-refractivity contribution is 7.90. The van der Waals surface area contributed by atoms with Crippen LogP contribution < -0.4 is 0 Å². The molecule has 1 amide bonds. The van der Waals surface area contributed by atoms with Gasteiger partial charge in [-0.1, -0.05) is 42.5 Å². The maximum absolute atomic E-state index is 13.7. The quantitative estimate of drug-likeness (QED) is 0.400. The van der Waals surface area contributed by atoms with Gasteiger partial charge in [-0.25, -0.2) is 17.8 Å².